The first-order chi connectivity index (χ1) is 9.44. The quantitative estimate of drug-likeness (QED) is 0.890. The molecule has 1 aromatic rings. The Morgan fingerprint density at radius 3 is 2.35 bits per heavy atom. The lowest BCUT2D eigenvalue weighted by Crippen LogP contribution is -2.28. The van der Waals surface area contributed by atoms with Gasteiger partial charge in [-0.15, -0.1) is 10.2 Å². The van der Waals surface area contributed by atoms with Gasteiger partial charge in [-0.2, -0.15) is 0 Å². The SMILES string of the molecule is CC(C)C(O)CS1(N(C)C)C=CC(c2ccccc2)=C1. The smallest absolute Gasteiger partial charge is 0.0656 e. The summed E-state index contributed by atoms with van der Waals surface area (Å²) in [4.78, 5) is 0. The molecule has 1 aromatic carbocycles. The molecule has 20 heavy (non-hydrogen) atoms. The molecule has 2 atom stereocenters. The molecule has 0 aliphatic carbocycles. The summed E-state index contributed by atoms with van der Waals surface area (Å²) in [5, 5.41) is 14.9. The van der Waals surface area contributed by atoms with Crippen molar-refractivity contribution in [1.82, 2.24) is 4.31 Å². The fraction of sp³-hybridized carbons (Fsp3) is 0.412. The molecule has 0 saturated heterocycles. The molecule has 0 amide bonds. The first kappa shape index (κ1) is 15.4. The minimum Gasteiger partial charge on any atom is -0.392 e. The van der Waals surface area contributed by atoms with Gasteiger partial charge >= 0.3 is 0 Å². The number of allylic oxidation sites excluding steroid dienone is 2. The maximum atomic E-state index is 10.3. The molecule has 2 unspecified atom stereocenters. The second-order valence-electron chi connectivity index (χ2n) is 5.84. The van der Waals surface area contributed by atoms with Crippen LogP contribution in [0.25, 0.3) is 5.57 Å². The van der Waals surface area contributed by atoms with E-state index in [0.29, 0.717) is 5.92 Å². The van der Waals surface area contributed by atoms with Crippen molar-refractivity contribution in [3.8, 4) is 0 Å². The van der Waals surface area contributed by atoms with Crippen LogP contribution < -0.4 is 0 Å². The van der Waals surface area contributed by atoms with Crippen molar-refractivity contribution in [2.75, 3.05) is 19.8 Å². The molecule has 0 radical (unpaired) electrons. The zero-order chi connectivity index (χ0) is 14.8. The van der Waals surface area contributed by atoms with Crippen molar-refractivity contribution in [2.45, 2.75) is 20.0 Å². The molecule has 110 valence electrons. The van der Waals surface area contributed by atoms with E-state index < -0.39 is 10.2 Å². The summed E-state index contributed by atoms with van der Waals surface area (Å²) in [6.45, 7) is 4.15. The fourth-order valence-electron chi connectivity index (χ4n) is 2.23. The van der Waals surface area contributed by atoms with Gasteiger partial charge in [0.1, 0.15) is 0 Å². The highest BCUT2D eigenvalue weighted by Crippen LogP contribution is 2.59. The number of hydrogen-bond acceptors (Lipinski definition) is 2. The van der Waals surface area contributed by atoms with E-state index in [9.17, 15) is 5.11 Å². The van der Waals surface area contributed by atoms with Gasteiger partial charge in [-0.3, -0.25) is 4.31 Å². The van der Waals surface area contributed by atoms with Gasteiger partial charge in [0.15, 0.2) is 0 Å². The summed E-state index contributed by atoms with van der Waals surface area (Å²) in [6, 6.07) is 10.5. The zero-order valence-electron chi connectivity index (χ0n) is 12.8. The summed E-state index contributed by atoms with van der Waals surface area (Å²) >= 11 is 0. The van der Waals surface area contributed by atoms with E-state index >= 15 is 0 Å². The molecule has 0 saturated carbocycles. The molecule has 0 spiro atoms. The Morgan fingerprint density at radius 2 is 1.80 bits per heavy atom. The molecular formula is C17H25NOS. The van der Waals surface area contributed by atoms with Crippen molar-refractivity contribution in [3.63, 3.8) is 0 Å². The van der Waals surface area contributed by atoms with E-state index in [4.69, 9.17) is 0 Å². The highest BCUT2D eigenvalue weighted by molar-refractivity contribution is 8.36. The lowest BCUT2D eigenvalue weighted by molar-refractivity contribution is 0.148. The highest BCUT2D eigenvalue weighted by atomic mass is 32.3. The third-order valence-electron chi connectivity index (χ3n) is 3.81. The zero-order valence-corrected chi connectivity index (χ0v) is 13.6. The number of benzene rings is 1. The first-order valence-corrected chi connectivity index (χ1v) is 8.95. The highest BCUT2D eigenvalue weighted by Gasteiger charge is 2.29. The van der Waals surface area contributed by atoms with Crippen LogP contribution in [0.2, 0.25) is 0 Å². The van der Waals surface area contributed by atoms with Crippen LogP contribution in [0, 0.1) is 5.92 Å². The fourth-order valence-corrected chi connectivity index (χ4v) is 5.24. The second-order valence-corrected chi connectivity index (χ2v) is 9.03. The summed E-state index contributed by atoms with van der Waals surface area (Å²) in [7, 11) is 3.04. The van der Waals surface area contributed by atoms with E-state index in [-0.39, 0.29) is 6.10 Å². The number of aliphatic hydroxyl groups is 1. The monoisotopic (exact) mass is 291 g/mol. The second kappa shape index (κ2) is 6.17. The van der Waals surface area contributed by atoms with Crippen molar-refractivity contribution >= 4 is 15.8 Å². The molecule has 1 N–H and O–H groups in total. The Hall–Kier alpha value is -1.03. The van der Waals surface area contributed by atoms with E-state index in [0.717, 1.165) is 5.75 Å². The Balaban J connectivity index is 2.29. The Kier molecular flexibility index (Phi) is 4.74. The van der Waals surface area contributed by atoms with Gasteiger partial charge in [-0.1, -0.05) is 44.2 Å². The van der Waals surface area contributed by atoms with Gasteiger partial charge in [-0.25, -0.2) is 0 Å². The molecular weight excluding hydrogens is 266 g/mol. The molecule has 2 nitrogen and oxygen atoms in total. The molecule has 0 aromatic heterocycles. The third kappa shape index (κ3) is 3.17. The minimum atomic E-state index is -1.18. The van der Waals surface area contributed by atoms with Gasteiger partial charge in [-0.05, 0) is 48.0 Å². The molecule has 0 bridgehead atoms. The minimum absolute atomic E-state index is 0.261. The molecule has 0 fully saturated rings. The largest absolute Gasteiger partial charge is 0.392 e. The van der Waals surface area contributed by atoms with E-state index in [1.165, 1.54) is 11.1 Å². The standard InChI is InChI=1S/C17H25NOS/c1-14(2)17(19)13-20(18(3)4)11-10-16(12-20)15-8-6-5-7-9-15/h5-12,14,17,19H,13H2,1-4H3. The Labute approximate surface area is 124 Å². The average molecular weight is 291 g/mol. The summed E-state index contributed by atoms with van der Waals surface area (Å²) < 4.78 is 2.27. The summed E-state index contributed by atoms with van der Waals surface area (Å²) in [6.07, 6.45) is 1.95. The summed E-state index contributed by atoms with van der Waals surface area (Å²) in [5.74, 6) is 1.10. The van der Waals surface area contributed by atoms with Gasteiger partial charge in [0, 0.05) is 5.75 Å². The Bertz CT molecular complexity index is 507. The number of aliphatic hydroxyl groups excluding tert-OH is 1. The molecule has 1 aliphatic rings. The van der Waals surface area contributed by atoms with Gasteiger partial charge in [0.05, 0.1) is 6.10 Å². The van der Waals surface area contributed by atoms with Gasteiger partial charge in [0.2, 0.25) is 0 Å². The van der Waals surface area contributed by atoms with Crippen LogP contribution >= 0.6 is 10.2 Å². The average Bonchev–Trinajstić information content (AvgIpc) is 2.85. The first-order valence-electron chi connectivity index (χ1n) is 7.06. The van der Waals surface area contributed by atoms with Crippen LogP contribution in [-0.2, 0) is 0 Å². The maximum Gasteiger partial charge on any atom is 0.0656 e. The normalized spacial score (nSPS) is 26.6. The molecule has 1 heterocycles. The van der Waals surface area contributed by atoms with Gasteiger partial charge < -0.3 is 5.11 Å². The molecule has 3 heteroatoms. The topological polar surface area (TPSA) is 23.5 Å². The van der Waals surface area contributed by atoms with Crippen molar-refractivity contribution in [1.29, 1.82) is 0 Å². The van der Waals surface area contributed by atoms with Crippen LogP contribution in [-0.4, -0.2) is 35.4 Å². The van der Waals surface area contributed by atoms with Crippen molar-refractivity contribution < 1.29 is 5.11 Å². The van der Waals surface area contributed by atoms with E-state index in [2.05, 4.69) is 73.4 Å². The van der Waals surface area contributed by atoms with Crippen LogP contribution in [0.4, 0.5) is 0 Å². The third-order valence-corrected chi connectivity index (χ3v) is 7.31. The number of hydrogen-bond donors (Lipinski definition) is 1. The van der Waals surface area contributed by atoms with Crippen LogP contribution in [0.1, 0.15) is 19.4 Å². The van der Waals surface area contributed by atoms with E-state index in [1.54, 1.807) is 0 Å². The number of nitrogens with zero attached hydrogens (tertiary/aromatic N) is 1. The molecule has 2 rings (SSSR count). The van der Waals surface area contributed by atoms with Crippen LogP contribution in [0.5, 0.6) is 0 Å². The predicted octanol–water partition coefficient (Wildman–Crippen LogP) is 3.85. The van der Waals surface area contributed by atoms with Crippen LogP contribution in [0.15, 0.2) is 47.2 Å². The summed E-state index contributed by atoms with van der Waals surface area (Å²) in [5.41, 5.74) is 2.52. The maximum absolute atomic E-state index is 10.3. The van der Waals surface area contributed by atoms with Crippen LogP contribution in [0.3, 0.4) is 0 Å². The number of rotatable bonds is 5. The van der Waals surface area contributed by atoms with Crippen molar-refractivity contribution in [3.05, 3.63) is 52.8 Å². The Morgan fingerprint density at radius 1 is 1.15 bits per heavy atom. The van der Waals surface area contributed by atoms with E-state index in [1.807, 2.05) is 6.07 Å². The lowest BCUT2D eigenvalue weighted by atomic mass is 10.1. The molecule has 1 aliphatic heterocycles. The van der Waals surface area contributed by atoms with Crippen molar-refractivity contribution in [2.24, 2.45) is 5.92 Å². The lowest BCUT2D eigenvalue weighted by Gasteiger charge is -2.41. The predicted molar refractivity (Wildman–Crippen MR) is 90.5 cm³/mol. The van der Waals surface area contributed by atoms with Gasteiger partial charge in [0.25, 0.3) is 0 Å².